The molecule has 5 nitrogen and oxygen atoms in total. The van der Waals surface area contributed by atoms with E-state index < -0.39 is 6.10 Å². The van der Waals surface area contributed by atoms with Gasteiger partial charge in [-0.1, -0.05) is 17.7 Å². The highest BCUT2D eigenvalue weighted by Crippen LogP contribution is 2.21. The smallest absolute Gasteiger partial charge is 0.265 e. The number of amides is 1. The highest BCUT2D eigenvalue weighted by atomic mass is 35.5. The Morgan fingerprint density at radius 2 is 2.00 bits per heavy atom. The van der Waals surface area contributed by atoms with E-state index in [0.29, 0.717) is 22.6 Å². The van der Waals surface area contributed by atoms with Crippen molar-refractivity contribution < 1.29 is 9.53 Å². The highest BCUT2D eigenvalue weighted by Gasteiger charge is 2.15. The molecule has 1 atom stereocenters. The number of carbonyl (C=O) groups excluding carboxylic acids is 1. The van der Waals surface area contributed by atoms with Gasteiger partial charge in [0.1, 0.15) is 11.8 Å². The lowest BCUT2D eigenvalue weighted by Crippen LogP contribution is -2.30. The SMILES string of the molecule is C[C@H](Oc1cccc(C#N)c1)C(=O)Nc1ccc(C#N)c(Cl)c1. The predicted molar refractivity (Wildman–Crippen MR) is 86.0 cm³/mol. The fourth-order valence-electron chi connectivity index (χ4n) is 1.82. The third kappa shape index (κ3) is 4.23. The molecule has 0 aliphatic heterocycles. The number of hydrogen-bond acceptors (Lipinski definition) is 4. The van der Waals surface area contributed by atoms with E-state index in [1.165, 1.54) is 12.1 Å². The van der Waals surface area contributed by atoms with Gasteiger partial charge in [0.15, 0.2) is 6.10 Å². The van der Waals surface area contributed by atoms with Gasteiger partial charge in [-0.2, -0.15) is 10.5 Å². The van der Waals surface area contributed by atoms with Crippen molar-refractivity contribution in [1.29, 1.82) is 10.5 Å². The predicted octanol–water partition coefficient (Wildman–Crippen LogP) is 3.49. The third-order valence-electron chi connectivity index (χ3n) is 3.00. The minimum absolute atomic E-state index is 0.264. The minimum atomic E-state index is -0.765. The molecule has 0 spiro atoms. The summed E-state index contributed by atoms with van der Waals surface area (Å²) in [5.74, 6) is 0.0673. The lowest BCUT2D eigenvalue weighted by Gasteiger charge is -2.15. The maximum absolute atomic E-state index is 12.1. The Bertz CT molecular complexity index is 821. The normalized spacial score (nSPS) is 11.0. The van der Waals surface area contributed by atoms with Gasteiger partial charge in [-0.3, -0.25) is 4.79 Å². The zero-order chi connectivity index (χ0) is 16.8. The van der Waals surface area contributed by atoms with Crippen LogP contribution in [0, 0.1) is 22.7 Å². The molecule has 2 rings (SSSR count). The Balaban J connectivity index is 2.04. The van der Waals surface area contributed by atoms with Crippen LogP contribution in [0.25, 0.3) is 0 Å². The Hall–Kier alpha value is -3.02. The second-order valence-corrected chi connectivity index (χ2v) is 5.10. The number of anilines is 1. The summed E-state index contributed by atoms with van der Waals surface area (Å²) in [6, 6.07) is 15.1. The van der Waals surface area contributed by atoms with Crippen molar-refractivity contribution in [1.82, 2.24) is 0 Å². The van der Waals surface area contributed by atoms with Crippen LogP contribution in [-0.4, -0.2) is 12.0 Å². The van der Waals surface area contributed by atoms with Crippen molar-refractivity contribution in [3.05, 3.63) is 58.6 Å². The second-order valence-electron chi connectivity index (χ2n) is 4.70. The van der Waals surface area contributed by atoms with Gasteiger partial charge in [0.25, 0.3) is 5.91 Å². The molecule has 0 aliphatic rings. The van der Waals surface area contributed by atoms with E-state index in [-0.39, 0.29) is 10.9 Å². The second kappa shape index (κ2) is 7.31. The molecule has 0 unspecified atom stereocenters. The Kier molecular flexibility index (Phi) is 5.19. The molecule has 0 aliphatic carbocycles. The van der Waals surface area contributed by atoms with E-state index in [1.807, 2.05) is 12.1 Å². The minimum Gasteiger partial charge on any atom is -0.481 e. The zero-order valence-electron chi connectivity index (χ0n) is 12.2. The van der Waals surface area contributed by atoms with Crippen LogP contribution in [-0.2, 0) is 4.79 Å². The van der Waals surface area contributed by atoms with E-state index in [0.717, 1.165) is 0 Å². The molecule has 0 saturated carbocycles. The van der Waals surface area contributed by atoms with Crippen LogP contribution < -0.4 is 10.1 Å². The number of nitrogens with zero attached hydrogens (tertiary/aromatic N) is 2. The molecule has 1 N–H and O–H groups in total. The molecule has 0 radical (unpaired) electrons. The Morgan fingerprint density at radius 1 is 1.22 bits per heavy atom. The molecular formula is C17H12ClN3O2. The molecule has 2 aromatic carbocycles. The molecule has 0 aromatic heterocycles. The summed E-state index contributed by atoms with van der Waals surface area (Å²) in [6.45, 7) is 1.60. The van der Waals surface area contributed by atoms with Gasteiger partial charge in [-0.25, -0.2) is 0 Å². The van der Waals surface area contributed by atoms with E-state index in [4.69, 9.17) is 26.9 Å². The summed E-state index contributed by atoms with van der Waals surface area (Å²) >= 11 is 5.92. The summed E-state index contributed by atoms with van der Waals surface area (Å²) in [6.07, 6.45) is -0.765. The van der Waals surface area contributed by atoms with Crippen LogP contribution in [0.3, 0.4) is 0 Å². The van der Waals surface area contributed by atoms with Crippen LogP contribution >= 0.6 is 11.6 Å². The first-order valence-corrected chi connectivity index (χ1v) is 7.08. The van der Waals surface area contributed by atoms with Crippen LogP contribution in [0.15, 0.2) is 42.5 Å². The first-order valence-electron chi connectivity index (χ1n) is 6.71. The number of hydrogen-bond donors (Lipinski definition) is 1. The van der Waals surface area contributed by atoms with Gasteiger partial charge in [-0.15, -0.1) is 0 Å². The quantitative estimate of drug-likeness (QED) is 0.932. The van der Waals surface area contributed by atoms with E-state index in [1.54, 1.807) is 37.3 Å². The average Bonchev–Trinajstić information content (AvgIpc) is 2.55. The number of carbonyl (C=O) groups is 1. The van der Waals surface area contributed by atoms with Crippen molar-refractivity contribution in [3.63, 3.8) is 0 Å². The van der Waals surface area contributed by atoms with Gasteiger partial charge in [0.2, 0.25) is 0 Å². The first kappa shape index (κ1) is 16.4. The van der Waals surface area contributed by atoms with Crippen molar-refractivity contribution in [2.45, 2.75) is 13.0 Å². The number of benzene rings is 2. The molecule has 0 bridgehead atoms. The van der Waals surface area contributed by atoms with Crippen LogP contribution in [0.1, 0.15) is 18.1 Å². The summed E-state index contributed by atoms with van der Waals surface area (Å²) in [5.41, 5.74) is 1.26. The fourth-order valence-corrected chi connectivity index (χ4v) is 2.05. The Morgan fingerprint density at radius 3 is 2.65 bits per heavy atom. The van der Waals surface area contributed by atoms with Crippen molar-refractivity contribution in [2.75, 3.05) is 5.32 Å². The largest absolute Gasteiger partial charge is 0.481 e. The highest BCUT2D eigenvalue weighted by molar-refractivity contribution is 6.32. The number of ether oxygens (including phenoxy) is 1. The summed E-state index contributed by atoms with van der Waals surface area (Å²) in [4.78, 5) is 12.1. The molecule has 1 amide bonds. The van der Waals surface area contributed by atoms with Crippen molar-refractivity contribution in [3.8, 4) is 17.9 Å². The molecular weight excluding hydrogens is 314 g/mol. The zero-order valence-corrected chi connectivity index (χ0v) is 13.0. The van der Waals surface area contributed by atoms with Crippen LogP contribution in [0.4, 0.5) is 5.69 Å². The lowest BCUT2D eigenvalue weighted by atomic mass is 10.2. The van der Waals surface area contributed by atoms with Gasteiger partial charge in [0, 0.05) is 5.69 Å². The Labute approximate surface area is 138 Å². The molecule has 0 heterocycles. The maximum atomic E-state index is 12.1. The van der Waals surface area contributed by atoms with E-state index in [9.17, 15) is 4.79 Å². The van der Waals surface area contributed by atoms with Crippen LogP contribution in [0.2, 0.25) is 5.02 Å². The number of nitrogens with one attached hydrogen (secondary N) is 1. The van der Waals surface area contributed by atoms with Gasteiger partial charge >= 0.3 is 0 Å². The van der Waals surface area contributed by atoms with Gasteiger partial charge in [0.05, 0.1) is 22.2 Å². The van der Waals surface area contributed by atoms with Crippen molar-refractivity contribution in [2.24, 2.45) is 0 Å². The number of nitriles is 2. The van der Waals surface area contributed by atoms with E-state index >= 15 is 0 Å². The summed E-state index contributed by atoms with van der Waals surface area (Å²) in [5, 5.41) is 20.6. The van der Waals surface area contributed by atoms with E-state index in [2.05, 4.69) is 5.32 Å². The number of halogens is 1. The maximum Gasteiger partial charge on any atom is 0.265 e. The van der Waals surface area contributed by atoms with Gasteiger partial charge < -0.3 is 10.1 Å². The summed E-state index contributed by atoms with van der Waals surface area (Å²) < 4.78 is 5.52. The third-order valence-corrected chi connectivity index (χ3v) is 3.32. The topological polar surface area (TPSA) is 85.9 Å². The monoisotopic (exact) mass is 325 g/mol. The molecule has 6 heteroatoms. The standard InChI is InChI=1S/C17H12ClN3O2/c1-11(23-15-4-2-3-12(7-15)9-19)17(22)21-14-6-5-13(10-20)16(18)8-14/h2-8,11H,1H3,(H,21,22)/t11-/m0/s1. The first-order chi connectivity index (χ1) is 11.0. The van der Waals surface area contributed by atoms with Gasteiger partial charge in [-0.05, 0) is 43.3 Å². The molecule has 0 fully saturated rings. The van der Waals surface area contributed by atoms with Crippen molar-refractivity contribution >= 4 is 23.2 Å². The molecule has 23 heavy (non-hydrogen) atoms. The molecule has 2 aromatic rings. The number of rotatable bonds is 4. The molecule has 114 valence electrons. The van der Waals surface area contributed by atoms with Crippen LogP contribution in [0.5, 0.6) is 5.75 Å². The lowest BCUT2D eigenvalue weighted by molar-refractivity contribution is -0.122. The molecule has 0 saturated heterocycles. The average molecular weight is 326 g/mol. The summed E-state index contributed by atoms with van der Waals surface area (Å²) in [7, 11) is 0. The fraction of sp³-hybridized carbons (Fsp3) is 0.118.